The van der Waals surface area contributed by atoms with E-state index in [0.717, 1.165) is 43.9 Å². The van der Waals surface area contributed by atoms with Gasteiger partial charge in [-0.15, -0.1) is 0 Å². The van der Waals surface area contributed by atoms with Crippen molar-refractivity contribution in [2.75, 3.05) is 12.3 Å². The molecule has 2 nitrogen and oxygen atoms in total. The molecule has 1 N–H and O–H groups in total. The predicted octanol–water partition coefficient (Wildman–Crippen LogP) is 6.56. The number of piperidine rings is 1. The maximum atomic E-state index is 9.02. The molecular formula is C28H42N2S. The van der Waals surface area contributed by atoms with Crippen molar-refractivity contribution in [1.82, 2.24) is 5.32 Å². The summed E-state index contributed by atoms with van der Waals surface area (Å²) in [5, 5.41) is 13.5. The van der Waals surface area contributed by atoms with Gasteiger partial charge < -0.3 is 5.32 Å². The van der Waals surface area contributed by atoms with Crippen LogP contribution in [-0.2, 0) is 0 Å². The Balaban J connectivity index is 1.28. The van der Waals surface area contributed by atoms with Crippen LogP contribution in [0.25, 0.3) is 0 Å². The van der Waals surface area contributed by atoms with Crippen molar-refractivity contribution < 1.29 is 0 Å². The van der Waals surface area contributed by atoms with Crippen LogP contribution < -0.4 is 5.32 Å². The summed E-state index contributed by atoms with van der Waals surface area (Å²) in [5.41, 5.74) is 0. The maximum Gasteiger partial charge on any atom is 0.0690 e. The summed E-state index contributed by atoms with van der Waals surface area (Å²) in [5.74, 6) is 17.5. The number of nitriles is 1. The van der Waals surface area contributed by atoms with E-state index >= 15 is 0 Å². The van der Waals surface area contributed by atoms with Crippen LogP contribution in [0.3, 0.4) is 0 Å². The Bertz CT molecular complexity index is 664. The first-order valence-electron chi connectivity index (χ1n) is 13.0. The summed E-state index contributed by atoms with van der Waals surface area (Å²) in [7, 11) is 0. The van der Waals surface area contributed by atoms with Gasteiger partial charge in [0, 0.05) is 35.5 Å². The quantitative estimate of drug-likeness (QED) is 0.376. The average Bonchev–Trinajstić information content (AvgIpc) is 2.83. The lowest BCUT2D eigenvalue weighted by atomic mass is 9.83. The summed E-state index contributed by atoms with van der Waals surface area (Å²) in [6.45, 7) is 3.28. The summed E-state index contributed by atoms with van der Waals surface area (Å²) in [6, 6.07) is 2.76. The zero-order valence-electron chi connectivity index (χ0n) is 19.6. The van der Waals surface area contributed by atoms with E-state index in [9.17, 15) is 0 Å². The van der Waals surface area contributed by atoms with Gasteiger partial charge in [0.2, 0.25) is 0 Å². The molecule has 2 aliphatic carbocycles. The van der Waals surface area contributed by atoms with E-state index < -0.39 is 0 Å². The molecule has 0 radical (unpaired) electrons. The van der Waals surface area contributed by atoms with Gasteiger partial charge >= 0.3 is 0 Å². The third-order valence-corrected chi connectivity index (χ3v) is 8.77. The standard InChI is InChI=1S/C28H42N2S/c1-2-3-4-5-20-31-28-18-14-24(15-19-28)8-11-26-13-17-27(30-22-26)16-12-23-6-9-25(21-29)10-7-23/h23-28,30H,2-7,9-10,13-15,17-20,22H2,1H3. The molecule has 2 atom stereocenters. The number of thioether (sulfide) groups is 1. The van der Waals surface area contributed by atoms with Crippen LogP contribution in [0.5, 0.6) is 0 Å². The molecule has 2 unspecified atom stereocenters. The minimum atomic E-state index is 0.273. The lowest BCUT2D eigenvalue weighted by Gasteiger charge is -2.26. The van der Waals surface area contributed by atoms with Gasteiger partial charge in [-0.1, -0.05) is 49.9 Å². The first-order chi connectivity index (χ1) is 15.3. The third-order valence-electron chi connectivity index (χ3n) is 7.30. The molecule has 0 aromatic carbocycles. The molecule has 0 aromatic heterocycles. The first-order valence-corrected chi connectivity index (χ1v) is 14.1. The smallest absolute Gasteiger partial charge is 0.0690 e. The monoisotopic (exact) mass is 438 g/mol. The second-order valence-corrected chi connectivity index (χ2v) is 11.3. The van der Waals surface area contributed by atoms with Crippen LogP contribution in [0.2, 0.25) is 0 Å². The van der Waals surface area contributed by atoms with Crippen molar-refractivity contribution in [3.05, 3.63) is 0 Å². The van der Waals surface area contributed by atoms with Crippen molar-refractivity contribution in [3.63, 3.8) is 0 Å². The van der Waals surface area contributed by atoms with Crippen LogP contribution in [-0.4, -0.2) is 23.6 Å². The van der Waals surface area contributed by atoms with E-state index in [0.29, 0.717) is 23.8 Å². The largest absolute Gasteiger partial charge is 0.302 e. The summed E-state index contributed by atoms with van der Waals surface area (Å²) in [4.78, 5) is 0. The molecular weight excluding hydrogens is 396 g/mol. The van der Waals surface area contributed by atoms with Gasteiger partial charge in [0.1, 0.15) is 0 Å². The lowest BCUT2D eigenvalue weighted by Crippen LogP contribution is -2.37. The van der Waals surface area contributed by atoms with E-state index in [1.165, 1.54) is 63.5 Å². The molecule has 3 heteroatoms. The first kappa shape index (κ1) is 24.6. The van der Waals surface area contributed by atoms with Crippen LogP contribution in [0, 0.1) is 58.7 Å². The van der Waals surface area contributed by atoms with E-state index in [4.69, 9.17) is 5.26 Å². The fourth-order valence-corrected chi connectivity index (χ4v) is 6.39. The Morgan fingerprint density at radius 1 is 0.710 bits per heavy atom. The SMILES string of the molecule is CCCCCCSC1CCC(C#CC2CCC(C#CC3CCC(C#N)CC3)NC2)CC1. The number of rotatable bonds is 6. The Hall–Kier alpha value is -1.08. The molecule has 3 fully saturated rings. The fraction of sp³-hybridized carbons (Fsp3) is 0.821. The van der Waals surface area contributed by atoms with Gasteiger partial charge in [0.15, 0.2) is 0 Å². The molecule has 0 spiro atoms. The van der Waals surface area contributed by atoms with Crippen molar-refractivity contribution in [3.8, 4) is 29.8 Å². The number of nitrogens with zero attached hydrogens (tertiary/aromatic N) is 1. The molecule has 170 valence electrons. The molecule has 1 saturated heterocycles. The normalized spacial score (nSPS) is 33.3. The second kappa shape index (κ2) is 14.1. The minimum Gasteiger partial charge on any atom is -0.302 e. The maximum absolute atomic E-state index is 9.02. The summed E-state index contributed by atoms with van der Waals surface area (Å²) in [6.07, 6.45) is 17.5. The van der Waals surface area contributed by atoms with Gasteiger partial charge in [-0.3, -0.25) is 0 Å². The van der Waals surface area contributed by atoms with Gasteiger partial charge in [0.25, 0.3) is 0 Å². The number of nitrogens with one attached hydrogen (secondary N) is 1. The Morgan fingerprint density at radius 3 is 1.97 bits per heavy atom. The van der Waals surface area contributed by atoms with Crippen molar-refractivity contribution in [2.24, 2.45) is 23.7 Å². The zero-order chi connectivity index (χ0) is 21.7. The molecule has 3 rings (SSSR count). The Kier molecular flexibility index (Phi) is 11.2. The van der Waals surface area contributed by atoms with E-state index in [-0.39, 0.29) is 5.92 Å². The topological polar surface area (TPSA) is 35.8 Å². The highest BCUT2D eigenvalue weighted by Gasteiger charge is 2.22. The average molecular weight is 439 g/mol. The van der Waals surface area contributed by atoms with Crippen LogP contribution >= 0.6 is 11.8 Å². The summed E-state index contributed by atoms with van der Waals surface area (Å²) < 4.78 is 0. The van der Waals surface area contributed by atoms with Gasteiger partial charge in [-0.2, -0.15) is 17.0 Å². The highest BCUT2D eigenvalue weighted by Crippen LogP contribution is 2.32. The molecule has 2 saturated carbocycles. The van der Waals surface area contributed by atoms with E-state index in [2.05, 4.69) is 53.8 Å². The van der Waals surface area contributed by atoms with E-state index in [1.807, 2.05) is 0 Å². The van der Waals surface area contributed by atoms with Crippen LogP contribution in [0.15, 0.2) is 0 Å². The molecule has 1 aliphatic heterocycles. The molecule has 31 heavy (non-hydrogen) atoms. The molecule has 3 aliphatic rings. The third kappa shape index (κ3) is 9.13. The molecule has 0 bridgehead atoms. The van der Waals surface area contributed by atoms with Gasteiger partial charge in [-0.05, 0) is 76.4 Å². The Labute approximate surface area is 196 Å². The van der Waals surface area contributed by atoms with Crippen molar-refractivity contribution in [2.45, 2.75) is 108 Å². The highest BCUT2D eigenvalue weighted by atomic mass is 32.2. The van der Waals surface area contributed by atoms with Crippen LogP contribution in [0.4, 0.5) is 0 Å². The number of hydrogen-bond donors (Lipinski definition) is 1. The van der Waals surface area contributed by atoms with E-state index in [1.54, 1.807) is 0 Å². The van der Waals surface area contributed by atoms with Crippen LogP contribution in [0.1, 0.15) is 96.8 Å². The molecule has 0 aromatic rings. The zero-order valence-corrected chi connectivity index (χ0v) is 20.4. The minimum absolute atomic E-state index is 0.273. The molecule has 1 heterocycles. The number of hydrogen-bond acceptors (Lipinski definition) is 3. The fourth-order valence-electron chi connectivity index (χ4n) is 5.08. The summed E-state index contributed by atoms with van der Waals surface area (Å²) >= 11 is 2.23. The predicted molar refractivity (Wildman–Crippen MR) is 133 cm³/mol. The number of unbranched alkanes of at least 4 members (excludes halogenated alkanes) is 3. The Morgan fingerprint density at radius 2 is 1.32 bits per heavy atom. The molecule has 0 amide bonds. The van der Waals surface area contributed by atoms with Gasteiger partial charge in [0.05, 0.1) is 12.1 Å². The van der Waals surface area contributed by atoms with Crippen molar-refractivity contribution >= 4 is 11.8 Å². The second-order valence-electron chi connectivity index (χ2n) is 9.90. The highest BCUT2D eigenvalue weighted by molar-refractivity contribution is 7.99. The van der Waals surface area contributed by atoms with Crippen molar-refractivity contribution in [1.29, 1.82) is 5.26 Å². The van der Waals surface area contributed by atoms with Gasteiger partial charge in [-0.25, -0.2) is 0 Å². The lowest BCUT2D eigenvalue weighted by molar-refractivity contribution is 0.369.